The molecule has 0 radical (unpaired) electrons. The Labute approximate surface area is 106 Å². The van der Waals surface area contributed by atoms with E-state index in [0.29, 0.717) is 11.7 Å². The van der Waals surface area contributed by atoms with Gasteiger partial charge >= 0.3 is 0 Å². The van der Waals surface area contributed by atoms with E-state index in [1.165, 1.54) is 0 Å². The molecule has 100 valence electrons. The minimum absolute atomic E-state index is 0.125. The Morgan fingerprint density at radius 2 is 2.22 bits per heavy atom. The lowest BCUT2D eigenvalue weighted by Crippen LogP contribution is -2.45. The number of rotatable bonds is 3. The molecule has 1 aliphatic rings. The van der Waals surface area contributed by atoms with Gasteiger partial charge in [-0.3, -0.25) is 9.89 Å². The fourth-order valence-electron chi connectivity index (χ4n) is 2.24. The zero-order valence-corrected chi connectivity index (χ0v) is 10.9. The molecule has 1 amide bonds. The van der Waals surface area contributed by atoms with Crippen LogP contribution in [0.4, 0.5) is 0 Å². The highest BCUT2D eigenvalue weighted by molar-refractivity contribution is 5.90. The largest absolute Gasteiger partial charge is 0.388 e. The van der Waals surface area contributed by atoms with Gasteiger partial charge in [-0.05, 0) is 38.5 Å². The summed E-state index contributed by atoms with van der Waals surface area (Å²) in [4.78, 5) is 15.7. The van der Waals surface area contributed by atoms with Gasteiger partial charge in [-0.15, -0.1) is 5.10 Å². The van der Waals surface area contributed by atoms with Gasteiger partial charge in [0, 0.05) is 6.54 Å². The number of amides is 1. The van der Waals surface area contributed by atoms with E-state index in [0.717, 1.165) is 25.7 Å². The van der Waals surface area contributed by atoms with E-state index in [2.05, 4.69) is 27.4 Å². The minimum atomic E-state index is -0.770. The van der Waals surface area contributed by atoms with Crippen molar-refractivity contribution in [2.24, 2.45) is 5.92 Å². The van der Waals surface area contributed by atoms with Crippen molar-refractivity contribution >= 4 is 5.91 Å². The highest BCUT2D eigenvalue weighted by atomic mass is 16.3. The summed E-state index contributed by atoms with van der Waals surface area (Å²) in [6, 6.07) is 0. The third-order valence-corrected chi connectivity index (χ3v) is 3.58. The summed E-state index contributed by atoms with van der Waals surface area (Å²) < 4.78 is 0. The van der Waals surface area contributed by atoms with Crippen LogP contribution in [0.25, 0.3) is 0 Å². The van der Waals surface area contributed by atoms with Crippen LogP contribution in [-0.4, -0.2) is 38.3 Å². The van der Waals surface area contributed by atoms with Crippen molar-refractivity contribution in [3.05, 3.63) is 11.6 Å². The van der Waals surface area contributed by atoms with Crippen LogP contribution in [0.2, 0.25) is 0 Å². The number of carbonyl (C=O) groups excluding carboxylic acids is 1. The molecule has 1 fully saturated rings. The second-order valence-corrected chi connectivity index (χ2v) is 5.33. The highest BCUT2D eigenvalue weighted by Crippen LogP contribution is 2.31. The maximum atomic E-state index is 11.7. The third kappa shape index (κ3) is 3.07. The van der Waals surface area contributed by atoms with Crippen molar-refractivity contribution in [2.45, 2.75) is 45.1 Å². The minimum Gasteiger partial charge on any atom is -0.388 e. The molecule has 6 heteroatoms. The number of aryl methyl sites for hydroxylation is 1. The Balaban J connectivity index is 1.86. The van der Waals surface area contributed by atoms with Gasteiger partial charge in [0.05, 0.1) is 5.60 Å². The maximum absolute atomic E-state index is 11.7. The van der Waals surface area contributed by atoms with Gasteiger partial charge in [-0.1, -0.05) is 6.92 Å². The van der Waals surface area contributed by atoms with E-state index in [4.69, 9.17) is 0 Å². The predicted molar refractivity (Wildman–Crippen MR) is 66.0 cm³/mol. The standard InChI is InChI=1S/C12H20N4O2/c1-8-3-5-12(18,6-4-8)7-13-11(17)10-14-9(2)15-16-10/h8,18H,3-7H2,1-2H3,(H,13,17)(H,14,15,16). The lowest BCUT2D eigenvalue weighted by Gasteiger charge is -2.34. The Bertz CT molecular complexity index is 421. The second-order valence-electron chi connectivity index (χ2n) is 5.33. The maximum Gasteiger partial charge on any atom is 0.291 e. The molecular weight excluding hydrogens is 232 g/mol. The third-order valence-electron chi connectivity index (χ3n) is 3.58. The zero-order valence-electron chi connectivity index (χ0n) is 10.9. The summed E-state index contributed by atoms with van der Waals surface area (Å²) in [5.41, 5.74) is -0.770. The average molecular weight is 252 g/mol. The zero-order chi connectivity index (χ0) is 13.2. The average Bonchev–Trinajstić information content (AvgIpc) is 2.77. The number of aliphatic hydroxyl groups is 1. The van der Waals surface area contributed by atoms with Crippen LogP contribution in [0, 0.1) is 12.8 Å². The molecule has 0 aliphatic heterocycles. The molecule has 1 saturated carbocycles. The molecule has 0 atom stereocenters. The van der Waals surface area contributed by atoms with E-state index in [-0.39, 0.29) is 18.3 Å². The molecule has 1 aromatic heterocycles. The summed E-state index contributed by atoms with van der Waals surface area (Å²) in [5.74, 6) is 1.05. The van der Waals surface area contributed by atoms with Crippen molar-refractivity contribution < 1.29 is 9.90 Å². The Morgan fingerprint density at radius 3 is 2.78 bits per heavy atom. The van der Waals surface area contributed by atoms with Gasteiger partial charge in [0.2, 0.25) is 5.82 Å². The van der Waals surface area contributed by atoms with Crippen molar-refractivity contribution in [3.63, 3.8) is 0 Å². The molecule has 2 rings (SSSR count). The van der Waals surface area contributed by atoms with Crippen LogP contribution in [-0.2, 0) is 0 Å². The van der Waals surface area contributed by atoms with Crippen LogP contribution in [0.1, 0.15) is 49.1 Å². The first-order valence-corrected chi connectivity index (χ1v) is 6.38. The van der Waals surface area contributed by atoms with E-state index in [9.17, 15) is 9.90 Å². The first kappa shape index (κ1) is 13.0. The molecule has 0 aromatic carbocycles. The van der Waals surface area contributed by atoms with Crippen molar-refractivity contribution in [1.82, 2.24) is 20.5 Å². The van der Waals surface area contributed by atoms with Crippen molar-refractivity contribution in [3.8, 4) is 0 Å². The quantitative estimate of drug-likeness (QED) is 0.741. The molecule has 3 N–H and O–H groups in total. The molecule has 1 aromatic rings. The number of hydrogen-bond acceptors (Lipinski definition) is 4. The number of aromatic nitrogens is 3. The summed E-state index contributed by atoms with van der Waals surface area (Å²) in [5, 5.41) is 19.4. The topological polar surface area (TPSA) is 90.9 Å². The van der Waals surface area contributed by atoms with Gasteiger partial charge in [0.25, 0.3) is 5.91 Å². The molecule has 0 saturated heterocycles. The lowest BCUT2D eigenvalue weighted by molar-refractivity contribution is -0.00547. The first-order chi connectivity index (χ1) is 8.48. The molecule has 0 bridgehead atoms. The molecule has 0 unspecified atom stereocenters. The first-order valence-electron chi connectivity index (χ1n) is 6.38. The molecule has 1 aliphatic carbocycles. The van der Waals surface area contributed by atoms with Crippen LogP contribution < -0.4 is 5.32 Å². The fourth-order valence-corrected chi connectivity index (χ4v) is 2.24. The monoisotopic (exact) mass is 252 g/mol. The smallest absolute Gasteiger partial charge is 0.291 e. The number of aromatic amines is 1. The normalized spacial score (nSPS) is 28.1. The number of nitrogens with zero attached hydrogens (tertiary/aromatic N) is 2. The Kier molecular flexibility index (Phi) is 3.65. The number of carbonyl (C=O) groups is 1. The van der Waals surface area contributed by atoms with Crippen LogP contribution in [0.5, 0.6) is 0 Å². The Morgan fingerprint density at radius 1 is 1.56 bits per heavy atom. The second kappa shape index (κ2) is 5.06. The SMILES string of the molecule is Cc1nc(C(=O)NCC2(O)CCC(C)CC2)n[nH]1. The van der Waals surface area contributed by atoms with E-state index in [1.54, 1.807) is 6.92 Å². The van der Waals surface area contributed by atoms with E-state index < -0.39 is 5.60 Å². The van der Waals surface area contributed by atoms with Crippen LogP contribution >= 0.6 is 0 Å². The molecule has 18 heavy (non-hydrogen) atoms. The molecular formula is C12H20N4O2. The van der Waals surface area contributed by atoms with Gasteiger partial charge in [-0.2, -0.15) is 0 Å². The van der Waals surface area contributed by atoms with E-state index >= 15 is 0 Å². The fraction of sp³-hybridized carbons (Fsp3) is 0.750. The highest BCUT2D eigenvalue weighted by Gasteiger charge is 2.32. The molecule has 0 spiro atoms. The predicted octanol–water partition coefficient (Wildman–Crippen LogP) is 0.784. The molecule has 1 heterocycles. The number of H-pyrrole nitrogens is 1. The summed E-state index contributed by atoms with van der Waals surface area (Å²) >= 11 is 0. The van der Waals surface area contributed by atoms with Crippen molar-refractivity contribution in [2.75, 3.05) is 6.54 Å². The van der Waals surface area contributed by atoms with Crippen LogP contribution in [0.3, 0.4) is 0 Å². The van der Waals surface area contributed by atoms with Gasteiger partial charge < -0.3 is 10.4 Å². The van der Waals surface area contributed by atoms with Gasteiger partial charge in [0.1, 0.15) is 5.82 Å². The molecule has 6 nitrogen and oxygen atoms in total. The summed E-state index contributed by atoms with van der Waals surface area (Å²) in [7, 11) is 0. The van der Waals surface area contributed by atoms with Gasteiger partial charge in [-0.25, -0.2) is 4.98 Å². The summed E-state index contributed by atoms with van der Waals surface area (Å²) in [6.07, 6.45) is 3.49. The van der Waals surface area contributed by atoms with Gasteiger partial charge in [0.15, 0.2) is 0 Å². The number of hydrogen-bond donors (Lipinski definition) is 3. The Hall–Kier alpha value is -1.43. The van der Waals surface area contributed by atoms with Crippen LogP contribution in [0.15, 0.2) is 0 Å². The lowest BCUT2D eigenvalue weighted by atomic mass is 9.79. The van der Waals surface area contributed by atoms with Crippen molar-refractivity contribution in [1.29, 1.82) is 0 Å². The van der Waals surface area contributed by atoms with E-state index in [1.807, 2.05) is 0 Å². The number of nitrogens with one attached hydrogen (secondary N) is 2. The summed E-state index contributed by atoms with van der Waals surface area (Å²) in [6.45, 7) is 4.20.